The maximum atomic E-state index is 10.6. The molecule has 0 atom stereocenters. The summed E-state index contributed by atoms with van der Waals surface area (Å²) < 4.78 is 1.06. The normalized spacial score (nSPS) is 10.2. The summed E-state index contributed by atoms with van der Waals surface area (Å²) in [6.07, 6.45) is 1.42. The summed E-state index contributed by atoms with van der Waals surface area (Å²) in [6.45, 7) is 0.602. The highest BCUT2D eigenvalue weighted by atomic mass is 79.9. The standard InChI is InChI=1S/C10H8BrN3O2S/c11-9-2-1-8(17-9)6-13-10-5-7(14(15)16)3-4-12-10/h1-5H,6H2,(H,12,13). The molecular weight excluding hydrogens is 306 g/mol. The number of halogens is 1. The molecule has 88 valence electrons. The van der Waals surface area contributed by atoms with Crippen LogP contribution in [0.1, 0.15) is 4.88 Å². The number of anilines is 1. The smallest absolute Gasteiger partial charge is 0.274 e. The van der Waals surface area contributed by atoms with Gasteiger partial charge in [-0.3, -0.25) is 10.1 Å². The number of hydrogen-bond acceptors (Lipinski definition) is 5. The highest BCUT2D eigenvalue weighted by Gasteiger charge is 2.06. The van der Waals surface area contributed by atoms with Gasteiger partial charge in [0.1, 0.15) is 5.82 Å². The van der Waals surface area contributed by atoms with Crippen LogP contribution in [0.4, 0.5) is 11.5 Å². The van der Waals surface area contributed by atoms with Gasteiger partial charge in [-0.15, -0.1) is 11.3 Å². The largest absolute Gasteiger partial charge is 0.365 e. The van der Waals surface area contributed by atoms with Crippen molar-refractivity contribution in [3.05, 3.63) is 49.2 Å². The fourth-order valence-electron chi connectivity index (χ4n) is 1.25. The Labute approximate surface area is 110 Å². The van der Waals surface area contributed by atoms with Gasteiger partial charge in [-0.2, -0.15) is 0 Å². The molecule has 0 fully saturated rings. The van der Waals surface area contributed by atoms with Crippen LogP contribution >= 0.6 is 27.3 Å². The Hall–Kier alpha value is -1.47. The third kappa shape index (κ3) is 3.24. The maximum Gasteiger partial charge on any atom is 0.274 e. The van der Waals surface area contributed by atoms with Crippen molar-refractivity contribution in [1.82, 2.24) is 4.98 Å². The predicted octanol–water partition coefficient (Wildman–Crippen LogP) is 3.43. The van der Waals surface area contributed by atoms with Gasteiger partial charge in [-0.25, -0.2) is 4.98 Å². The van der Waals surface area contributed by atoms with Crippen LogP contribution < -0.4 is 5.32 Å². The summed E-state index contributed by atoms with van der Waals surface area (Å²) in [7, 11) is 0. The summed E-state index contributed by atoms with van der Waals surface area (Å²) in [5.41, 5.74) is 0.0369. The van der Waals surface area contributed by atoms with E-state index in [0.717, 1.165) is 8.66 Å². The summed E-state index contributed by atoms with van der Waals surface area (Å²) in [4.78, 5) is 15.3. The van der Waals surface area contributed by atoms with Crippen molar-refractivity contribution in [3.63, 3.8) is 0 Å². The molecule has 0 aromatic carbocycles. The lowest BCUT2D eigenvalue weighted by molar-refractivity contribution is -0.384. The molecule has 0 aliphatic carbocycles. The molecule has 0 unspecified atom stereocenters. The molecule has 0 aliphatic rings. The molecule has 17 heavy (non-hydrogen) atoms. The van der Waals surface area contributed by atoms with Crippen LogP contribution in [0.15, 0.2) is 34.2 Å². The zero-order valence-electron chi connectivity index (χ0n) is 8.59. The van der Waals surface area contributed by atoms with Crippen LogP contribution in [0, 0.1) is 10.1 Å². The number of hydrogen-bond donors (Lipinski definition) is 1. The second-order valence-electron chi connectivity index (χ2n) is 3.22. The molecule has 0 aliphatic heterocycles. The molecule has 1 N–H and O–H groups in total. The summed E-state index contributed by atoms with van der Waals surface area (Å²) in [5.74, 6) is 0.503. The third-order valence-electron chi connectivity index (χ3n) is 2.03. The summed E-state index contributed by atoms with van der Waals surface area (Å²) in [6, 6.07) is 6.73. The van der Waals surface area contributed by atoms with E-state index in [1.807, 2.05) is 12.1 Å². The molecule has 0 saturated carbocycles. The van der Waals surface area contributed by atoms with E-state index >= 15 is 0 Å². The Balaban J connectivity index is 2.04. The lowest BCUT2D eigenvalue weighted by atomic mass is 10.4. The number of aromatic nitrogens is 1. The summed E-state index contributed by atoms with van der Waals surface area (Å²) >= 11 is 4.98. The average molecular weight is 314 g/mol. The number of nitrogens with zero attached hydrogens (tertiary/aromatic N) is 2. The highest BCUT2D eigenvalue weighted by molar-refractivity contribution is 9.11. The molecule has 5 nitrogen and oxygen atoms in total. The lowest BCUT2D eigenvalue weighted by Crippen LogP contribution is -2.00. The van der Waals surface area contributed by atoms with Gasteiger partial charge in [0, 0.05) is 17.1 Å². The van der Waals surface area contributed by atoms with E-state index in [0.29, 0.717) is 12.4 Å². The van der Waals surface area contributed by atoms with Crippen LogP contribution in [-0.4, -0.2) is 9.91 Å². The monoisotopic (exact) mass is 313 g/mol. The second-order valence-corrected chi connectivity index (χ2v) is 5.76. The molecule has 2 heterocycles. The van der Waals surface area contributed by atoms with Gasteiger partial charge >= 0.3 is 0 Å². The summed E-state index contributed by atoms with van der Waals surface area (Å²) in [5, 5.41) is 13.6. The van der Waals surface area contributed by atoms with Crippen LogP contribution in [0.25, 0.3) is 0 Å². The Bertz CT molecular complexity index is 544. The van der Waals surface area contributed by atoms with Crippen molar-refractivity contribution < 1.29 is 4.92 Å². The second kappa shape index (κ2) is 5.24. The van der Waals surface area contributed by atoms with Crippen molar-refractivity contribution in [2.75, 3.05) is 5.32 Å². The average Bonchev–Trinajstić information content (AvgIpc) is 2.73. The third-order valence-corrected chi connectivity index (χ3v) is 3.65. The first-order valence-electron chi connectivity index (χ1n) is 4.73. The molecule has 2 aromatic rings. The van der Waals surface area contributed by atoms with Crippen molar-refractivity contribution in [1.29, 1.82) is 0 Å². The maximum absolute atomic E-state index is 10.6. The first-order chi connectivity index (χ1) is 8.15. The molecule has 0 bridgehead atoms. The lowest BCUT2D eigenvalue weighted by Gasteiger charge is -2.02. The van der Waals surface area contributed by atoms with Crippen molar-refractivity contribution in [2.24, 2.45) is 0 Å². The SMILES string of the molecule is O=[N+]([O-])c1ccnc(NCc2ccc(Br)s2)c1. The van der Waals surface area contributed by atoms with Gasteiger partial charge in [0.25, 0.3) is 5.69 Å². The van der Waals surface area contributed by atoms with Gasteiger partial charge in [0.15, 0.2) is 0 Å². The van der Waals surface area contributed by atoms with Crippen molar-refractivity contribution in [3.8, 4) is 0 Å². The van der Waals surface area contributed by atoms with E-state index in [4.69, 9.17) is 0 Å². The molecule has 2 aromatic heterocycles. The Morgan fingerprint density at radius 1 is 1.47 bits per heavy atom. The van der Waals surface area contributed by atoms with Gasteiger partial charge in [0.2, 0.25) is 0 Å². The van der Waals surface area contributed by atoms with Gasteiger partial charge in [-0.1, -0.05) is 0 Å². The molecule has 0 spiro atoms. The first-order valence-corrected chi connectivity index (χ1v) is 6.34. The van der Waals surface area contributed by atoms with E-state index in [-0.39, 0.29) is 5.69 Å². The Morgan fingerprint density at radius 2 is 2.29 bits per heavy atom. The molecule has 7 heteroatoms. The number of pyridine rings is 1. The quantitative estimate of drug-likeness (QED) is 0.693. The van der Waals surface area contributed by atoms with E-state index < -0.39 is 4.92 Å². The van der Waals surface area contributed by atoms with E-state index in [2.05, 4.69) is 26.2 Å². The van der Waals surface area contributed by atoms with Gasteiger partial charge in [0.05, 0.1) is 21.3 Å². The molecule has 2 rings (SSSR count). The Kier molecular flexibility index (Phi) is 3.70. The molecular formula is C10H8BrN3O2S. The minimum absolute atomic E-state index is 0.0369. The van der Waals surface area contributed by atoms with E-state index in [1.165, 1.54) is 18.3 Å². The minimum atomic E-state index is -0.436. The number of nitrogens with one attached hydrogen (secondary N) is 1. The molecule has 0 radical (unpaired) electrons. The fraction of sp³-hybridized carbons (Fsp3) is 0.100. The topological polar surface area (TPSA) is 68.1 Å². The van der Waals surface area contributed by atoms with Crippen LogP contribution in [-0.2, 0) is 6.54 Å². The van der Waals surface area contributed by atoms with Crippen LogP contribution in [0.5, 0.6) is 0 Å². The minimum Gasteiger partial charge on any atom is -0.365 e. The molecule has 0 saturated heterocycles. The zero-order valence-corrected chi connectivity index (χ0v) is 11.0. The zero-order chi connectivity index (χ0) is 12.3. The van der Waals surface area contributed by atoms with Gasteiger partial charge < -0.3 is 5.32 Å². The highest BCUT2D eigenvalue weighted by Crippen LogP contribution is 2.23. The first kappa shape index (κ1) is 12.0. The predicted molar refractivity (Wildman–Crippen MR) is 70.2 cm³/mol. The van der Waals surface area contributed by atoms with Crippen LogP contribution in [0.2, 0.25) is 0 Å². The van der Waals surface area contributed by atoms with E-state index in [9.17, 15) is 10.1 Å². The molecule has 0 amide bonds. The fourth-order valence-corrected chi connectivity index (χ4v) is 2.68. The van der Waals surface area contributed by atoms with Crippen molar-refractivity contribution in [2.45, 2.75) is 6.54 Å². The Morgan fingerprint density at radius 3 is 2.94 bits per heavy atom. The number of rotatable bonds is 4. The van der Waals surface area contributed by atoms with E-state index in [1.54, 1.807) is 11.3 Å². The van der Waals surface area contributed by atoms with Crippen molar-refractivity contribution >= 4 is 38.8 Å². The number of nitro groups is 1. The van der Waals surface area contributed by atoms with Gasteiger partial charge in [-0.05, 0) is 28.1 Å². The number of thiophene rings is 1. The van der Waals surface area contributed by atoms with Crippen LogP contribution in [0.3, 0.4) is 0 Å².